The predicted octanol–water partition coefficient (Wildman–Crippen LogP) is 3.82. The summed E-state index contributed by atoms with van der Waals surface area (Å²) in [7, 11) is 0. The number of fused-ring (bicyclic) bond motifs is 1. The van der Waals surface area contributed by atoms with Gasteiger partial charge in [-0.25, -0.2) is 0 Å². The lowest BCUT2D eigenvalue weighted by atomic mass is 9.94. The van der Waals surface area contributed by atoms with E-state index >= 15 is 0 Å². The molecule has 1 spiro atoms. The molecule has 0 aromatic heterocycles. The molecule has 1 amide bonds. The minimum absolute atomic E-state index is 0.195. The summed E-state index contributed by atoms with van der Waals surface area (Å²) in [5, 5.41) is 7.36. The van der Waals surface area contributed by atoms with Gasteiger partial charge in [-0.2, -0.15) is 0 Å². The molecule has 29 heavy (non-hydrogen) atoms. The lowest BCUT2D eigenvalue weighted by Crippen LogP contribution is -2.56. The third kappa shape index (κ3) is 4.06. The number of likely N-dealkylation sites (tertiary alicyclic amines) is 1. The topological polar surface area (TPSA) is 56.7 Å². The number of anilines is 1. The number of nitrogens with zero attached hydrogens (tertiary/aromatic N) is 2. The maximum absolute atomic E-state index is 12.9. The number of carbonyl (C=O) groups excluding carboxylic acids is 1. The van der Waals surface area contributed by atoms with Crippen molar-refractivity contribution < 1.29 is 4.79 Å². The smallest absolute Gasteiger partial charge is 0.228 e. The number of hydrogen-bond acceptors (Lipinski definition) is 3. The molecule has 0 radical (unpaired) electrons. The Hall–Kier alpha value is -2.66. The van der Waals surface area contributed by atoms with Gasteiger partial charge in [0.25, 0.3) is 0 Å². The average molecular weight is 391 g/mol. The highest BCUT2D eigenvalue weighted by molar-refractivity contribution is 6.04. The largest absolute Gasteiger partial charge is 0.342 e. The van der Waals surface area contributed by atoms with Gasteiger partial charge < -0.3 is 10.2 Å². The molecular formula is C24H30N4O. The molecule has 2 heterocycles. The van der Waals surface area contributed by atoms with Crippen molar-refractivity contribution in [2.24, 2.45) is 10.4 Å². The molecule has 2 aromatic carbocycles. The fourth-order valence-corrected chi connectivity index (χ4v) is 4.13. The Morgan fingerprint density at radius 2 is 1.83 bits per heavy atom. The number of amides is 1. The van der Waals surface area contributed by atoms with Crippen LogP contribution in [-0.4, -0.2) is 35.3 Å². The third-order valence-electron chi connectivity index (χ3n) is 5.80. The number of amidine groups is 1. The van der Waals surface area contributed by atoms with E-state index in [1.807, 2.05) is 49.9 Å². The molecule has 0 aliphatic carbocycles. The number of nitrogens with one attached hydrogen (secondary N) is 2. The SMILES string of the molecule is CC(C)(C)C(=O)N1CC[C@]2(C1)NCc1ccccc1NC2=NCc1ccccc1. The molecule has 2 N–H and O–H groups in total. The standard InChI is InChI=1S/C24H30N4O/c1-23(2,3)22(29)28-14-13-24(17-28)21(25-15-18-9-5-4-6-10-18)27-20-12-8-7-11-19(20)16-26-24/h4-12,26H,13-17H2,1-3H3,(H,25,27)/t24-/m1/s1. The fourth-order valence-electron chi connectivity index (χ4n) is 4.13. The van der Waals surface area contributed by atoms with Crippen molar-refractivity contribution in [3.8, 4) is 0 Å². The van der Waals surface area contributed by atoms with E-state index in [4.69, 9.17) is 4.99 Å². The van der Waals surface area contributed by atoms with Gasteiger partial charge in [-0.3, -0.25) is 15.1 Å². The Bertz CT molecular complexity index is 916. The third-order valence-corrected chi connectivity index (χ3v) is 5.80. The molecule has 5 heteroatoms. The molecular weight excluding hydrogens is 360 g/mol. The summed E-state index contributed by atoms with van der Waals surface area (Å²) < 4.78 is 0. The van der Waals surface area contributed by atoms with E-state index in [0.29, 0.717) is 13.1 Å². The van der Waals surface area contributed by atoms with Crippen LogP contribution < -0.4 is 10.6 Å². The van der Waals surface area contributed by atoms with Crippen LogP contribution in [0.2, 0.25) is 0 Å². The van der Waals surface area contributed by atoms with Crippen LogP contribution in [0.5, 0.6) is 0 Å². The van der Waals surface area contributed by atoms with Crippen LogP contribution in [0.4, 0.5) is 5.69 Å². The molecule has 2 aromatic rings. The van der Waals surface area contributed by atoms with Crippen molar-refractivity contribution in [1.82, 2.24) is 10.2 Å². The van der Waals surface area contributed by atoms with E-state index in [1.54, 1.807) is 0 Å². The molecule has 1 fully saturated rings. The lowest BCUT2D eigenvalue weighted by molar-refractivity contribution is -0.138. The Morgan fingerprint density at radius 3 is 2.59 bits per heavy atom. The lowest BCUT2D eigenvalue weighted by Gasteiger charge is -2.32. The molecule has 5 nitrogen and oxygen atoms in total. The van der Waals surface area contributed by atoms with Crippen LogP contribution >= 0.6 is 0 Å². The van der Waals surface area contributed by atoms with Gasteiger partial charge in [0.1, 0.15) is 5.84 Å². The van der Waals surface area contributed by atoms with E-state index in [2.05, 4.69) is 41.0 Å². The maximum Gasteiger partial charge on any atom is 0.228 e. The quantitative estimate of drug-likeness (QED) is 0.820. The summed E-state index contributed by atoms with van der Waals surface area (Å²) in [5.41, 5.74) is 2.75. The summed E-state index contributed by atoms with van der Waals surface area (Å²) in [6.07, 6.45) is 0.851. The first kappa shape index (κ1) is 19.6. The highest BCUT2D eigenvalue weighted by Gasteiger charge is 2.46. The molecule has 152 valence electrons. The van der Waals surface area contributed by atoms with Crippen molar-refractivity contribution in [1.29, 1.82) is 0 Å². The highest BCUT2D eigenvalue weighted by atomic mass is 16.2. The summed E-state index contributed by atoms with van der Waals surface area (Å²) in [5.74, 6) is 1.12. The minimum atomic E-state index is -0.381. The fraction of sp³-hybridized carbons (Fsp3) is 0.417. The van der Waals surface area contributed by atoms with Gasteiger partial charge in [-0.1, -0.05) is 69.3 Å². The minimum Gasteiger partial charge on any atom is -0.342 e. The highest BCUT2D eigenvalue weighted by Crippen LogP contribution is 2.32. The van der Waals surface area contributed by atoms with Gasteiger partial charge in [0, 0.05) is 30.7 Å². The van der Waals surface area contributed by atoms with Gasteiger partial charge in [-0.05, 0) is 23.6 Å². The van der Waals surface area contributed by atoms with Crippen molar-refractivity contribution >= 4 is 17.4 Å². The number of rotatable bonds is 2. The molecule has 2 aliphatic rings. The number of aliphatic imine (C=N–C) groups is 1. The molecule has 2 aliphatic heterocycles. The van der Waals surface area contributed by atoms with Gasteiger partial charge in [0.2, 0.25) is 5.91 Å². The van der Waals surface area contributed by atoms with Crippen LogP contribution in [0.3, 0.4) is 0 Å². The zero-order chi connectivity index (χ0) is 20.5. The number of para-hydroxylation sites is 1. The van der Waals surface area contributed by atoms with Crippen molar-refractivity contribution in [3.05, 3.63) is 65.7 Å². The molecule has 1 saturated heterocycles. The van der Waals surface area contributed by atoms with Crippen LogP contribution in [0.25, 0.3) is 0 Å². The number of hydrogen-bond donors (Lipinski definition) is 2. The first-order valence-electron chi connectivity index (χ1n) is 10.4. The molecule has 0 bridgehead atoms. The monoisotopic (exact) mass is 390 g/mol. The second kappa shape index (κ2) is 7.64. The summed E-state index contributed by atoms with van der Waals surface area (Å²) in [4.78, 5) is 19.9. The Morgan fingerprint density at radius 1 is 1.10 bits per heavy atom. The zero-order valence-corrected chi connectivity index (χ0v) is 17.5. The average Bonchev–Trinajstić information content (AvgIpc) is 3.08. The molecule has 0 saturated carbocycles. The van der Waals surface area contributed by atoms with Crippen molar-refractivity contribution in [3.63, 3.8) is 0 Å². The Balaban J connectivity index is 1.66. The van der Waals surface area contributed by atoms with E-state index in [1.165, 1.54) is 11.1 Å². The Kier molecular flexibility index (Phi) is 5.17. The van der Waals surface area contributed by atoms with Crippen LogP contribution in [0.15, 0.2) is 59.6 Å². The number of carbonyl (C=O) groups is 1. The Labute approximate surface area is 173 Å². The van der Waals surface area contributed by atoms with Gasteiger partial charge in [-0.15, -0.1) is 0 Å². The zero-order valence-electron chi connectivity index (χ0n) is 17.5. The second-order valence-electron chi connectivity index (χ2n) is 9.09. The summed E-state index contributed by atoms with van der Waals surface area (Å²) in [6, 6.07) is 18.6. The van der Waals surface area contributed by atoms with Gasteiger partial charge in [0.15, 0.2) is 0 Å². The van der Waals surface area contributed by atoms with Gasteiger partial charge >= 0.3 is 0 Å². The first-order valence-corrected chi connectivity index (χ1v) is 10.4. The van der Waals surface area contributed by atoms with E-state index in [0.717, 1.165) is 31.0 Å². The number of benzene rings is 2. The molecule has 1 atom stereocenters. The summed E-state index contributed by atoms with van der Waals surface area (Å²) in [6.45, 7) is 8.70. The van der Waals surface area contributed by atoms with Crippen molar-refractivity contribution in [2.75, 3.05) is 18.4 Å². The second-order valence-corrected chi connectivity index (χ2v) is 9.09. The first-order chi connectivity index (χ1) is 13.9. The van der Waals surface area contributed by atoms with Crippen molar-refractivity contribution in [2.45, 2.75) is 45.8 Å². The van der Waals surface area contributed by atoms with E-state index in [-0.39, 0.29) is 16.9 Å². The van der Waals surface area contributed by atoms with Crippen LogP contribution in [0, 0.1) is 5.41 Å². The summed E-state index contributed by atoms with van der Waals surface area (Å²) >= 11 is 0. The predicted molar refractivity (Wildman–Crippen MR) is 118 cm³/mol. The molecule has 0 unspecified atom stereocenters. The van der Waals surface area contributed by atoms with E-state index in [9.17, 15) is 4.79 Å². The van der Waals surface area contributed by atoms with Gasteiger partial charge in [0.05, 0.1) is 12.1 Å². The van der Waals surface area contributed by atoms with Crippen LogP contribution in [-0.2, 0) is 17.9 Å². The molecule has 4 rings (SSSR count). The maximum atomic E-state index is 12.9. The van der Waals surface area contributed by atoms with E-state index < -0.39 is 0 Å². The van der Waals surface area contributed by atoms with Crippen LogP contribution in [0.1, 0.15) is 38.3 Å². The normalized spacial score (nSPS) is 23.0.